The zero-order valence-electron chi connectivity index (χ0n) is 14.4. The zero-order chi connectivity index (χ0) is 18.0. The molecule has 0 saturated heterocycles. The van der Waals surface area contributed by atoms with Crippen molar-refractivity contribution in [1.29, 1.82) is 0 Å². The molecule has 0 aliphatic carbocycles. The number of halogens is 1. The van der Waals surface area contributed by atoms with Crippen LogP contribution >= 0.6 is 15.9 Å². The molecule has 0 radical (unpaired) electrons. The molecule has 0 spiro atoms. The molecule has 0 saturated carbocycles. The van der Waals surface area contributed by atoms with Crippen LogP contribution < -0.4 is 5.32 Å². The number of aromatic nitrogens is 4. The molecule has 0 bridgehead atoms. The summed E-state index contributed by atoms with van der Waals surface area (Å²) in [6.45, 7) is 6.36. The van der Waals surface area contributed by atoms with Crippen LogP contribution in [0, 0.1) is 6.92 Å². The lowest BCUT2D eigenvalue weighted by Gasteiger charge is -2.23. The monoisotopic (exact) mass is 401 g/mol. The van der Waals surface area contributed by atoms with Gasteiger partial charge in [-0.1, -0.05) is 29.8 Å². The molecule has 1 amide bonds. The van der Waals surface area contributed by atoms with Gasteiger partial charge in [0.05, 0.1) is 29.1 Å². The second-order valence-electron chi connectivity index (χ2n) is 6.53. The van der Waals surface area contributed by atoms with Crippen LogP contribution in [-0.2, 0) is 16.9 Å². The molecule has 0 atom stereocenters. The summed E-state index contributed by atoms with van der Waals surface area (Å²) in [4.78, 5) is 12.6. The van der Waals surface area contributed by atoms with Gasteiger partial charge in [0, 0.05) is 12.4 Å². The minimum atomic E-state index is -0.815. The van der Waals surface area contributed by atoms with Crippen LogP contribution in [0.1, 0.15) is 25.0 Å². The number of carbonyl (C=O) groups is 1. The molecule has 130 valence electrons. The summed E-state index contributed by atoms with van der Waals surface area (Å²) in [7, 11) is 0. The van der Waals surface area contributed by atoms with Gasteiger partial charge in [-0.15, -0.1) is 0 Å². The third-order valence-electron chi connectivity index (χ3n) is 4.00. The van der Waals surface area contributed by atoms with Crippen molar-refractivity contribution in [2.24, 2.45) is 0 Å². The van der Waals surface area contributed by atoms with E-state index in [0.29, 0.717) is 12.2 Å². The predicted molar refractivity (Wildman–Crippen MR) is 100 cm³/mol. The van der Waals surface area contributed by atoms with Crippen LogP contribution in [0.25, 0.3) is 0 Å². The second kappa shape index (κ2) is 6.84. The van der Waals surface area contributed by atoms with E-state index < -0.39 is 5.54 Å². The second-order valence-corrected chi connectivity index (χ2v) is 7.45. The SMILES string of the molecule is Cc1cccc(Cn2cc(NC(=O)C(C)(C)n3cc(Br)cn3)cn2)c1. The van der Waals surface area contributed by atoms with E-state index in [-0.39, 0.29) is 5.91 Å². The minimum Gasteiger partial charge on any atom is -0.321 e. The molecule has 0 fully saturated rings. The van der Waals surface area contributed by atoms with Crippen molar-refractivity contribution in [2.75, 3.05) is 5.32 Å². The molecule has 1 aromatic carbocycles. The average molecular weight is 402 g/mol. The lowest BCUT2D eigenvalue weighted by Crippen LogP contribution is -2.40. The fraction of sp³-hybridized carbons (Fsp3) is 0.278. The van der Waals surface area contributed by atoms with Gasteiger partial charge in [-0.3, -0.25) is 14.2 Å². The third-order valence-corrected chi connectivity index (χ3v) is 4.41. The van der Waals surface area contributed by atoms with Crippen molar-refractivity contribution in [3.05, 3.63) is 64.7 Å². The van der Waals surface area contributed by atoms with Gasteiger partial charge < -0.3 is 5.32 Å². The van der Waals surface area contributed by atoms with Crippen LogP contribution in [0.5, 0.6) is 0 Å². The van der Waals surface area contributed by atoms with Gasteiger partial charge >= 0.3 is 0 Å². The van der Waals surface area contributed by atoms with E-state index in [2.05, 4.69) is 56.6 Å². The first-order valence-electron chi connectivity index (χ1n) is 7.95. The highest BCUT2D eigenvalue weighted by Gasteiger charge is 2.30. The third kappa shape index (κ3) is 3.99. The van der Waals surface area contributed by atoms with E-state index in [0.717, 1.165) is 4.47 Å². The first-order valence-corrected chi connectivity index (χ1v) is 8.74. The Labute approximate surface area is 155 Å². The fourth-order valence-electron chi connectivity index (χ4n) is 2.51. The van der Waals surface area contributed by atoms with Crippen molar-refractivity contribution >= 4 is 27.5 Å². The Bertz CT molecular complexity index is 896. The normalized spacial score (nSPS) is 11.5. The van der Waals surface area contributed by atoms with Gasteiger partial charge in [-0.25, -0.2) is 0 Å². The smallest absolute Gasteiger partial charge is 0.251 e. The summed E-state index contributed by atoms with van der Waals surface area (Å²) in [5, 5.41) is 11.4. The van der Waals surface area contributed by atoms with Gasteiger partial charge in [-0.05, 0) is 42.3 Å². The Kier molecular flexibility index (Phi) is 4.76. The maximum absolute atomic E-state index is 12.6. The number of rotatable bonds is 5. The number of aryl methyl sites for hydroxylation is 1. The molecular formula is C18H20BrN5O. The van der Waals surface area contributed by atoms with Crippen LogP contribution in [0.15, 0.2) is 53.5 Å². The number of hydrogen-bond donors (Lipinski definition) is 1. The van der Waals surface area contributed by atoms with Gasteiger partial charge in [0.25, 0.3) is 5.91 Å². The standard InChI is InChI=1S/C18H20BrN5O/c1-13-5-4-6-14(7-13)10-23-12-16(9-20-23)22-17(25)18(2,3)24-11-15(19)8-21-24/h4-9,11-12H,10H2,1-3H3,(H,22,25). The lowest BCUT2D eigenvalue weighted by molar-refractivity contribution is -0.123. The summed E-state index contributed by atoms with van der Waals surface area (Å²) in [6, 6.07) is 8.28. The quantitative estimate of drug-likeness (QED) is 0.710. The molecule has 0 aliphatic heterocycles. The Balaban J connectivity index is 1.69. The van der Waals surface area contributed by atoms with Crippen LogP contribution in [0.3, 0.4) is 0 Å². The van der Waals surface area contributed by atoms with Crippen LogP contribution in [0.2, 0.25) is 0 Å². The summed E-state index contributed by atoms with van der Waals surface area (Å²) in [5.74, 6) is -0.154. The van der Waals surface area contributed by atoms with Crippen molar-refractivity contribution < 1.29 is 4.79 Å². The molecule has 3 rings (SSSR count). The molecule has 0 aliphatic rings. The molecule has 7 heteroatoms. The maximum atomic E-state index is 12.6. The van der Waals surface area contributed by atoms with Crippen molar-refractivity contribution in [3.8, 4) is 0 Å². The minimum absolute atomic E-state index is 0.154. The number of nitrogens with one attached hydrogen (secondary N) is 1. The number of carbonyl (C=O) groups excluding carboxylic acids is 1. The van der Waals surface area contributed by atoms with E-state index in [1.165, 1.54) is 11.1 Å². The molecule has 2 heterocycles. The topological polar surface area (TPSA) is 64.7 Å². The summed E-state index contributed by atoms with van der Waals surface area (Å²) in [6.07, 6.45) is 6.92. The Hall–Kier alpha value is -2.41. The highest BCUT2D eigenvalue weighted by Crippen LogP contribution is 2.20. The summed E-state index contributed by atoms with van der Waals surface area (Å²) in [5.41, 5.74) is 2.23. The van der Waals surface area contributed by atoms with E-state index in [1.807, 2.05) is 30.8 Å². The lowest BCUT2D eigenvalue weighted by atomic mass is 10.1. The maximum Gasteiger partial charge on any atom is 0.251 e. The molecule has 6 nitrogen and oxygen atoms in total. The molecular weight excluding hydrogens is 382 g/mol. The predicted octanol–water partition coefficient (Wildman–Crippen LogP) is 3.57. The van der Waals surface area contributed by atoms with Gasteiger partial charge in [0.1, 0.15) is 5.54 Å². The van der Waals surface area contributed by atoms with Crippen molar-refractivity contribution in [3.63, 3.8) is 0 Å². The molecule has 1 N–H and O–H groups in total. The molecule has 0 unspecified atom stereocenters. The van der Waals surface area contributed by atoms with Crippen LogP contribution in [0.4, 0.5) is 5.69 Å². The van der Waals surface area contributed by atoms with Gasteiger partial charge in [-0.2, -0.15) is 10.2 Å². The van der Waals surface area contributed by atoms with E-state index >= 15 is 0 Å². The summed E-state index contributed by atoms with van der Waals surface area (Å²) >= 11 is 3.35. The van der Waals surface area contributed by atoms with Crippen LogP contribution in [-0.4, -0.2) is 25.5 Å². The van der Waals surface area contributed by atoms with Gasteiger partial charge in [0.15, 0.2) is 0 Å². The number of benzene rings is 1. The Morgan fingerprint density at radius 2 is 2.04 bits per heavy atom. The number of amides is 1. The molecule has 25 heavy (non-hydrogen) atoms. The van der Waals surface area contributed by atoms with E-state index in [1.54, 1.807) is 23.3 Å². The van der Waals surface area contributed by atoms with Crippen molar-refractivity contribution in [2.45, 2.75) is 32.9 Å². The summed E-state index contributed by atoms with van der Waals surface area (Å²) < 4.78 is 4.27. The fourth-order valence-corrected chi connectivity index (χ4v) is 2.79. The molecule has 3 aromatic rings. The first-order chi connectivity index (χ1) is 11.8. The Morgan fingerprint density at radius 3 is 2.72 bits per heavy atom. The number of anilines is 1. The highest BCUT2D eigenvalue weighted by molar-refractivity contribution is 9.10. The Morgan fingerprint density at radius 1 is 1.24 bits per heavy atom. The highest BCUT2D eigenvalue weighted by atomic mass is 79.9. The van der Waals surface area contributed by atoms with E-state index in [9.17, 15) is 4.79 Å². The van der Waals surface area contributed by atoms with Gasteiger partial charge in [0.2, 0.25) is 0 Å². The number of hydrogen-bond acceptors (Lipinski definition) is 3. The number of nitrogens with zero attached hydrogens (tertiary/aromatic N) is 4. The largest absolute Gasteiger partial charge is 0.321 e. The average Bonchev–Trinajstić information content (AvgIpc) is 3.17. The zero-order valence-corrected chi connectivity index (χ0v) is 16.0. The molecule has 2 aromatic heterocycles. The van der Waals surface area contributed by atoms with Crippen molar-refractivity contribution in [1.82, 2.24) is 19.6 Å². The van der Waals surface area contributed by atoms with E-state index in [4.69, 9.17) is 0 Å². The first kappa shape index (κ1) is 17.4.